The Balaban J connectivity index is 3.39. The second kappa shape index (κ2) is 2.81. The number of carbonyl (C=O) groups is 2. The highest BCUT2D eigenvalue weighted by molar-refractivity contribution is 5.97. The molecule has 4 heteroatoms. The Kier molecular flexibility index (Phi) is 1.99. The fourth-order valence-corrected chi connectivity index (χ4v) is 1.05. The van der Waals surface area contributed by atoms with Gasteiger partial charge in [0.15, 0.2) is 6.29 Å². The second-order valence-corrected chi connectivity index (χ2v) is 2.59. The van der Waals surface area contributed by atoms with Gasteiger partial charge in [-0.2, -0.15) is 0 Å². The Morgan fingerprint density at radius 1 is 1.50 bits per heavy atom. The first-order chi connectivity index (χ1) is 5.57. The van der Waals surface area contributed by atoms with E-state index in [4.69, 9.17) is 5.11 Å². The molecule has 0 aliphatic rings. The van der Waals surface area contributed by atoms with Crippen LogP contribution >= 0.6 is 0 Å². The molecule has 1 aromatic rings. The van der Waals surface area contributed by atoms with E-state index in [1.807, 2.05) is 0 Å². The molecule has 1 aromatic heterocycles. The predicted octanol–water partition coefficient (Wildman–Crippen LogP) is 1.14. The van der Waals surface area contributed by atoms with E-state index in [-0.39, 0.29) is 11.3 Å². The maximum atomic E-state index is 10.6. The van der Waals surface area contributed by atoms with Gasteiger partial charge in [0.05, 0.1) is 0 Å². The number of H-pyrrole nitrogens is 1. The van der Waals surface area contributed by atoms with Crippen LogP contribution in [0, 0.1) is 13.8 Å². The SMILES string of the molecule is Cc1[nH]c(C(=O)O)c(C=O)c1C. The first kappa shape index (κ1) is 8.52. The van der Waals surface area contributed by atoms with E-state index in [1.54, 1.807) is 13.8 Å². The van der Waals surface area contributed by atoms with Crippen molar-refractivity contribution in [1.29, 1.82) is 0 Å². The number of hydrogen-bond donors (Lipinski definition) is 2. The molecule has 12 heavy (non-hydrogen) atoms. The molecule has 4 nitrogen and oxygen atoms in total. The number of carboxylic acids is 1. The van der Waals surface area contributed by atoms with Crippen molar-refractivity contribution in [2.75, 3.05) is 0 Å². The molecule has 0 atom stereocenters. The fourth-order valence-electron chi connectivity index (χ4n) is 1.05. The number of aryl methyl sites for hydroxylation is 1. The van der Waals surface area contributed by atoms with Crippen molar-refractivity contribution in [2.24, 2.45) is 0 Å². The molecule has 2 N–H and O–H groups in total. The molecule has 0 aliphatic heterocycles. The molecule has 0 amide bonds. The van der Waals surface area contributed by atoms with E-state index in [1.165, 1.54) is 0 Å². The van der Waals surface area contributed by atoms with Crippen LogP contribution in [-0.2, 0) is 0 Å². The zero-order valence-corrected chi connectivity index (χ0v) is 6.84. The average molecular weight is 167 g/mol. The van der Waals surface area contributed by atoms with Crippen LogP contribution in [0.15, 0.2) is 0 Å². The Hall–Kier alpha value is -1.58. The molecule has 0 saturated heterocycles. The smallest absolute Gasteiger partial charge is 0.353 e. The molecular weight excluding hydrogens is 158 g/mol. The summed E-state index contributed by atoms with van der Waals surface area (Å²) in [5.41, 5.74) is 1.62. The number of aromatic amines is 1. The van der Waals surface area contributed by atoms with Crippen molar-refractivity contribution in [3.8, 4) is 0 Å². The van der Waals surface area contributed by atoms with E-state index in [9.17, 15) is 9.59 Å². The van der Waals surface area contributed by atoms with E-state index in [0.717, 1.165) is 5.69 Å². The molecule has 0 spiro atoms. The topological polar surface area (TPSA) is 70.2 Å². The number of aromatic nitrogens is 1. The van der Waals surface area contributed by atoms with Crippen LogP contribution in [0.2, 0.25) is 0 Å². The van der Waals surface area contributed by atoms with Gasteiger partial charge in [0.25, 0.3) is 0 Å². The Bertz CT molecular complexity index is 338. The summed E-state index contributed by atoms with van der Waals surface area (Å²) >= 11 is 0. The summed E-state index contributed by atoms with van der Waals surface area (Å²) in [5.74, 6) is -1.10. The minimum absolute atomic E-state index is 0.0278. The monoisotopic (exact) mass is 167 g/mol. The molecule has 0 aliphatic carbocycles. The minimum Gasteiger partial charge on any atom is -0.477 e. The van der Waals surface area contributed by atoms with Gasteiger partial charge in [0.2, 0.25) is 0 Å². The van der Waals surface area contributed by atoms with Gasteiger partial charge in [-0.3, -0.25) is 4.79 Å². The highest BCUT2D eigenvalue weighted by atomic mass is 16.4. The molecule has 1 heterocycles. The van der Waals surface area contributed by atoms with Crippen molar-refractivity contribution in [3.05, 3.63) is 22.5 Å². The number of rotatable bonds is 2. The molecule has 0 unspecified atom stereocenters. The van der Waals surface area contributed by atoms with Gasteiger partial charge in [-0.15, -0.1) is 0 Å². The molecule has 1 rings (SSSR count). The van der Waals surface area contributed by atoms with Crippen LogP contribution in [0.5, 0.6) is 0 Å². The summed E-state index contributed by atoms with van der Waals surface area (Å²) in [6.07, 6.45) is 0.558. The van der Waals surface area contributed by atoms with Crippen molar-refractivity contribution in [3.63, 3.8) is 0 Å². The van der Waals surface area contributed by atoms with Gasteiger partial charge in [-0.25, -0.2) is 4.79 Å². The summed E-state index contributed by atoms with van der Waals surface area (Å²) in [7, 11) is 0. The van der Waals surface area contributed by atoms with Gasteiger partial charge in [-0.1, -0.05) is 0 Å². The van der Waals surface area contributed by atoms with Gasteiger partial charge >= 0.3 is 5.97 Å². The first-order valence-electron chi connectivity index (χ1n) is 3.45. The Morgan fingerprint density at radius 2 is 2.08 bits per heavy atom. The third kappa shape index (κ3) is 1.11. The van der Waals surface area contributed by atoms with Crippen LogP contribution in [-0.4, -0.2) is 22.3 Å². The zero-order chi connectivity index (χ0) is 9.30. The number of carboxylic acid groups (broad SMARTS) is 1. The standard InChI is InChI=1S/C8H9NO3/c1-4-5(2)9-7(8(11)12)6(4)3-10/h3,9H,1-2H3,(H,11,12). The summed E-state index contributed by atoms with van der Waals surface area (Å²) in [4.78, 5) is 23.7. The zero-order valence-electron chi connectivity index (χ0n) is 6.84. The van der Waals surface area contributed by atoms with Gasteiger partial charge in [0.1, 0.15) is 5.69 Å². The third-order valence-electron chi connectivity index (χ3n) is 1.88. The van der Waals surface area contributed by atoms with E-state index < -0.39 is 5.97 Å². The second-order valence-electron chi connectivity index (χ2n) is 2.59. The van der Waals surface area contributed by atoms with Crippen LogP contribution in [0.3, 0.4) is 0 Å². The maximum Gasteiger partial charge on any atom is 0.353 e. The fraction of sp³-hybridized carbons (Fsp3) is 0.250. The normalized spacial score (nSPS) is 9.83. The molecule has 0 saturated carbocycles. The van der Waals surface area contributed by atoms with Crippen LogP contribution in [0.1, 0.15) is 32.1 Å². The summed E-state index contributed by atoms with van der Waals surface area (Å²) in [6, 6.07) is 0. The largest absolute Gasteiger partial charge is 0.477 e. The summed E-state index contributed by atoms with van der Waals surface area (Å²) < 4.78 is 0. The van der Waals surface area contributed by atoms with Crippen LogP contribution < -0.4 is 0 Å². The maximum absolute atomic E-state index is 10.6. The molecule has 0 aromatic carbocycles. The van der Waals surface area contributed by atoms with Crippen molar-refractivity contribution < 1.29 is 14.7 Å². The number of nitrogens with one attached hydrogen (secondary N) is 1. The molecule has 0 radical (unpaired) electrons. The highest BCUT2D eigenvalue weighted by Crippen LogP contribution is 2.15. The Labute approximate surface area is 69.2 Å². The lowest BCUT2D eigenvalue weighted by atomic mass is 10.1. The van der Waals surface area contributed by atoms with Gasteiger partial charge in [0, 0.05) is 11.3 Å². The van der Waals surface area contributed by atoms with Crippen molar-refractivity contribution >= 4 is 12.3 Å². The van der Waals surface area contributed by atoms with Gasteiger partial charge in [-0.05, 0) is 19.4 Å². The molecule has 0 bridgehead atoms. The highest BCUT2D eigenvalue weighted by Gasteiger charge is 2.15. The third-order valence-corrected chi connectivity index (χ3v) is 1.88. The van der Waals surface area contributed by atoms with E-state index >= 15 is 0 Å². The number of aldehydes is 1. The van der Waals surface area contributed by atoms with Crippen LogP contribution in [0.4, 0.5) is 0 Å². The van der Waals surface area contributed by atoms with Gasteiger partial charge < -0.3 is 10.1 Å². The minimum atomic E-state index is -1.10. The quantitative estimate of drug-likeness (QED) is 0.649. The molecule has 64 valence electrons. The Morgan fingerprint density at radius 3 is 2.42 bits per heavy atom. The van der Waals surface area contributed by atoms with Crippen LogP contribution in [0.25, 0.3) is 0 Å². The first-order valence-corrected chi connectivity index (χ1v) is 3.45. The summed E-state index contributed by atoms with van der Waals surface area (Å²) in [5, 5.41) is 8.64. The molecule has 0 fully saturated rings. The lowest BCUT2D eigenvalue weighted by Gasteiger charge is -1.89. The van der Waals surface area contributed by atoms with E-state index in [2.05, 4.69) is 4.98 Å². The lowest BCUT2D eigenvalue weighted by molar-refractivity contribution is 0.0688. The van der Waals surface area contributed by atoms with Crippen molar-refractivity contribution in [2.45, 2.75) is 13.8 Å². The molecular formula is C8H9NO3. The summed E-state index contributed by atoms with van der Waals surface area (Å²) in [6.45, 7) is 3.44. The number of aromatic carboxylic acids is 1. The predicted molar refractivity (Wildman–Crippen MR) is 42.6 cm³/mol. The van der Waals surface area contributed by atoms with E-state index in [0.29, 0.717) is 11.8 Å². The average Bonchev–Trinajstić information content (AvgIpc) is 2.29. The number of carbonyl (C=O) groups excluding carboxylic acids is 1. The van der Waals surface area contributed by atoms with Crippen molar-refractivity contribution in [1.82, 2.24) is 4.98 Å². The number of hydrogen-bond acceptors (Lipinski definition) is 2. The lowest BCUT2D eigenvalue weighted by Crippen LogP contribution is -2.00.